The van der Waals surface area contributed by atoms with Gasteiger partial charge >= 0.3 is 0 Å². The second kappa shape index (κ2) is 12.4. The molecule has 0 bridgehead atoms. The molecule has 0 aliphatic carbocycles. The molecule has 2 aromatic rings. The number of halogens is 1. The Morgan fingerprint density at radius 2 is 1.83 bits per heavy atom. The Morgan fingerprint density at radius 1 is 1.10 bits per heavy atom. The van der Waals surface area contributed by atoms with Gasteiger partial charge < -0.3 is 15.0 Å². The average molecular weight is 475 g/mol. The van der Waals surface area contributed by atoms with Crippen LogP contribution < -0.4 is 10.1 Å². The van der Waals surface area contributed by atoms with Crippen LogP contribution in [0.5, 0.6) is 5.75 Å². The predicted octanol–water partition coefficient (Wildman–Crippen LogP) is 4.94. The highest BCUT2D eigenvalue weighted by molar-refractivity contribution is 9.10. The molecule has 0 aliphatic heterocycles. The highest BCUT2D eigenvalue weighted by atomic mass is 79.9. The van der Waals surface area contributed by atoms with E-state index in [2.05, 4.69) is 21.2 Å². The summed E-state index contributed by atoms with van der Waals surface area (Å²) in [6, 6.07) is 16.9. The standard InChI is InChI=1S/C24H31BrN2O3/c1-4-18(2)26-24(29)19(3)27(17-20-10-8-11-21(25)16-20)23(28)14-9-15-30-22-12-6-5-7-13-22/h5-8,10-13,16,18-19H,4,9,14-15,17H2,1-3H3,(H,26,29). The Hall–Kier alpha value is -2.34. The van der Waals surface area contributed by atoms with Crippen molar-refractivity contribution in [1.82, 2.24) is 10.2 Å². The molecule has 0 spiro atoms. The Labute approximate surface area is 187 Å². The van der Waals surface area contributed by atoms with Gasteiger partial charge in [-0.3, -0.25) is 9.59 Å². The molecule has 0 fully saturated rings. The molecule has 0 radical (unpaired) electrons. The van der Waals surface area contributed by atoms with Crippen LogP contribution in [-0.2, 0) is 16.1 Å². The van der Waals surface area contributed by atoms with Crippen LogP contribution in [0.15, 0.2) is 59.1 Å². The number of nitrogens with one attached hydrogen (secondary N) is 1. The molecule has 2 aromatic carbocycles. The first-order valence-electron chi connectivity index (χ1n) is 10.4. The van der Waals surface area contributed by atoms with E-state index in [-0.39, 0.29) is 17.9 Å². The molecule has 0 aromatic heterocycles. The maximum atomic E-state index is 13.0. The first-order valence-corrected chi connectivity index (χ1v) is 11.2. The van der Waals surface area contributed by atoms with Gasteiger partial charge in [0.15, 0.2) is 0 Å². The second-order valence-corrected chi connectivity index (χ2v) is 8.33. The molecular formula is C24H31BrN2O3. The lowest BCUT2D eigenvalue weighted by molar-refractivity contribution is -0.141. The number of amides is 2. The number of carbonyl (C=O) groups is 2. The number of hydrogen-bond acceptors (Lipinski definition) is 3. The molecule has 0 aliphatic rings. The molecule has 2 unspecified atom stereocenters. The fourth-order valence-electron chi connectivity index (χ4n) is 2.95. The van der Waals surface area contributed by atoms with Crippen LogP contribution >= 0.6 is 15.9 Å². The van der Waals surface area contributed by atoms with Crippen LogP contribution in [0.2, 0.25) is 0 Å². The lowest BCUT2D eigenvalue weighted by Gasteiger charge is -2.30. The van der Waals surface area contributed by atoms with E-state index in [1.54, 1.807) is 11.8 Å². The average Bonchev–Trinajstić information content (AvgIpc) is 2.75. The molecule has 5 nitrogen and oxygen atoms in total. The lowest BCUT2D eigenvalue weighted by atomic mass is 10.1. The molecule has 0 heterocycles. The number of carbonyl (C=O) groups excluding carboxylic acids is 2. The molecule has 162 valence electrons. The third-order valence-electron chi connectivity index (χ3n) is 4.96. The van der Waals surface area contributed by atoms with E-state index in [1.807, 2.05) is 68.4 Å². The highest BCUT2D eigenvalue weighted by Crippen LogP contribution is 2.17. The van der Waals surface area contributed by atoms with Crippen LogP contribution in [0.1, 0.15) is 45.6 Å². The third kappa shape index (κ3) is 7.82. The van der Waals surface area contributed by atoms with Gasteiger partial charge in [0.25, 0.3) is 0 Å². The normalized spacial score (nSPS) is 12.7. The number of rotatable bonds is 11. The first kappa shape index (κ1) is 23.9. The van der Waals surface area contributed by atoms with E-state index in [1.165, 1.54) is 0 Å². The van der Waals surface area contributed by atoms with E-state index >= 15 is 0 Å². The van der Waals surface area contributed by atoms with Crippen molar-refractivity contribution in [3.8, 4) is 5.75 Å². The highest BCUT2D eigenvalue weighted by Gasteiger charge is 2.26. The minimum absolute atomic E-state index is 0.0570. The Kier molecular flexibility index (Phi) is 9.87. The summed E-state index contributed by atoms with van der Waals surface area (Å²) in [5.41, 5.74) is 0.974. The zero-order valence-corrected chi connectivity index (χ0v) is 19.5. The van der Waals surface area contributed by atoms with Gasteiger partial charge in [0.2, 0.25) is 11.8 Å². The zero-order chi connectivity index (χ0) is 21.9. The van der Waals surface area contributed by atoms with Crippen LogP contribution in [-0.4, -0.2) is 35.4 Å². The van der Waals surface area contributed by atoms with Crippen molar-refractivity contribution in [2.75, 3.05) is 6.61 Å². The summed E-state index contributed by atoms with van der Waals surface area (Å²) in [6.07, 6.45) is 1.75. The van der Waals surface area contributed by atoms with Gasteiger partial charge in [0.1, 0.15) is 11.8 Å². The van der Waals surface area contributed by atoms with Gasteiger partial charge in [0.05, 0.1) is 6.61 Å². The molecule has 2 amide bonds. The van der Waals surface area contributed by atoms with Crippen LogP contribution in [0, 0.1) is 0 Å². The van der Waals surface area contributed by atoms with E-state index in [0.29, 0.717) is 26.0 Å². The fourth-order valence-corrected chi connectivity index (χ4v) is 3.40. The van der Waals surface area contributed by atoms with E-state index in [0.717, 1.165) is 22.2 Å². The quantitative estimate of drug-likeness (QED) is 0.469. The zero-order valence-electron chi connectivity index (χ0n) is 17.9. The monoisotopic (exact) mass is 474 g/mol. The van der Waals surface area contributed by atoms with Gasteiger partial charge in [-0.15, -0.1) is 0 Å². The molecule has 0 saturated heterocycles. The summed E-state index contributed by atoms with van der Waals surface area (Å²) < 4.78 is 6.63. The molecule has 2 atom stereocenters. The topological polar surface area (TPSA) is 58.6 Å². The van der Waals surface area contributed by atoms with E-state index in [4.69, 9.17) is 4.74 Å². The van der Waals surface area contributed by atoms with Gasteiger partial charge in [-0.2, -0.15) is 0 Å². The van der Waals surface area contributed by atoms with Crippen molar-refractivity contribution < 1.29 is 14.3 Å². The molecule has 1 N–H and O–H groups in total. The summed E-state index contributed by atoms with van der Waals surface area (Å²) in [6.45, 7) is 6.60. The number of hydrogen-bond donors (Lipinski definition) is 1. The first-order chi connectivity index (χ1) is 14.4. The summed E-state index contributed by atoms with van der Waals surface area (Å²) >= 11 is 3.47. The van der Waals surface area contributed by atoms with E-state index < -0.39 is 6.04 Å². The molecular weight excluding hydrogens is 444 g/mol. The maximum absolute atomic E-state index is 13.0. The fraction of sp³-hybridized carbons (Fsp3) is 0.417. The van der Waals surface area contributed by atoms with Crippen molar-refractivity contribution in [3.05, 3.63) is 64.6 Å². The van der Waals surface area contributed by atoms with Gasteiger partial charge in [0, 0.05) is 23.5 Å². The van der Waals surface area contributed by atoms with Gasteiger partial charge in [-0.25, -0.2) is 0 Å². The Balaban J connectivity index is 2.01. The van der Waals surface area contributed by atoms with Crippen molar-refractivity contribution in [1.29, 1.82) is 0 Å². The van der Waals surface area contributed by atoms with Crippen molar-refractivity contribution in [2.24, 2.45) is 0 Å². The summed E-state index contributed by atoms with van der Waals surface area (Å²) in [5.74, 6) is 0.601. The van der Waals surface area contributed by atoms with Crippen molar-refractivity contribution in [3.63, 3.8) is 0 Å². The largest absolute Gasteiger partial charge is 0.494 e. The molecule has 6 heteroatoms. The van der Waals surface area contributed by atoms with Crippen LogP contribution in [0.4, 0.5) is 0 Å². The number of para-hydroxylation sites is 1. The third-order valence-corrected chi connectivity index (χ3v) is 5.45. The smallest absolute Gasteiger partial charge is 0.242 e. The van der Waals surface area contributed by atoms with Gasteiger partial charge in [-0.1, -0.05) is 53.2 Å². The lowest BCUT2D eigenvalue weighted by Crippen LogP contribution is -2.49. The van der Waals surface area contributed by atoms with Crippen LogP contribution in [0.3, 0.4) is 0 Å². The minimum Gasteiger partial charge on any atom is -0.494 e. The van der Waals surface area contributed by atoms with Crippen molar-refractivity contribution in [2.45, 2.75) is 58.7 Å². The Morgan fingerprint density at radius 3 is 2.50 bits per heavy atom. The van der Waals surface area contributed by atoms with Crippen molar-refractivity contribution >= 4 is 27.7 Å². The minimum atomic E-state index is -0.555. The molecule has 30 heavy (non-hydrogen) atoms. The SMILES string of the molecule is CCC(C)NC(=O)C(C)N(Cc1cccc(Br)c1)C(=O)CCCOc1ccccc1. The number of benzene rings is 2. The Bertz CT molecular complexity index is 813. The maximum Gasteiger partial charge on any atom is 0.242 e. The molecule has 0 saturated carbocycles. The van der Waals surface area contributed by atoms with E-state index in [9.17, 15) is 9.59 Å². The molecule has 2 rings (SSSR count). The number of ether oxygens (including phenoxy) is 1. The number of nitrogens with zero attached hydrogens (tertiary/aromatic N) is 1. The second-order valence-electron chi connectivity index (χ2n) is 7.41. The van der Waals surface area contributed by atoms with Crippen LogP contribution in [0.25, 0.3) is 0 Å². The summed E-state index contributed by atoms with van der Waals surface area (Å²) in [4.78, 5) is 27.4. The van der Waals surface area contributed by atoms with Gasteiger partial charge in [-0.05, 0) is 56.5 Å². The summed E-state index contributed by atoms with van der Waals surface area (Å²) in [5, 5.41) is 2.98. The predicted molar refractivity (Wildman–Crippen MR) is 123 cm³/mol. The summed E-state index contributed by atoms with van der Waals surface area (Å²) in [7, 11) is 0.